The molecule has 1 unspecified atom stereocenters. The number of hydrogen-bond donors (Lipinski definition) is 0. The topological polar surface area (TPSA) is 47.3 Å². The largest absolute Gasteiger partial charge is 0.296 e. The van der Waals surface area contributed by atoms with Gasteiger partial charge in [0.05, 0.1) is 0 Å². The van der Waals surface area contributed by atoms with Gasteiger partial charge in [-0.2, -0.15) is 16.9 Å². The Morgan fingerprint density at radius 1 is 1.47 bits per heavy atom. The van der Waals surface area contributed by atoms with E-state index in [0.717, 1.165) is 29.9 Å². The highest BCUT2D eigenvalue weighted by Gasteiger charge is 2.20. The van der Waals surface area contributed by atoms with E-state index in [1.807, 2.05) is 23.9 Å². The van der Waals surface area contributed by atoms with Gasteiger partial charge in [0.1, 0.15) is 5.69 Å². The van der Waals surface area contributed by atoms with E-state index in [1.54, 1.807) is 10.6 Å². The molecule has 1 fully saturated rings. The molecule has 3 rings (SSSR count). The zero-order chi connectivity index (χ0) is 11.7. The molecule has 0 bridgehead atoms. The SMILES string of the molecule is O=Cc1cccc2nc(C3CCCSC3)nn12. The third-order valence-corrected chi connectivity index (χ3v) is 4.27. The van der Waals surface area contributed by atoms with Crippen molar-refractivity contribution in [3.05, 3.63) is 29.7 Å². The van der Waals surface area contributed by atoms with Crippen LogP contribution in [-0.4, -0.2) is 32.4 Å². The first-order chi connectivity index (χ1) is 8.38. The summed E-state index contributed by atoms with van der Waals surface area (Å²) in [4.78, 5) is 15.4. The quantitative estimate of drug-likeness (QED) is 0.763. The van der Waals surface area contributed by atoms with Crippen molar-refractivity contribution < 1.29 is 4.79 Å². The molecule has 0 aliphatic carbocycles. The summed E-state index contributed by atoms with van der Waals surface area (Å²) in [6, 6.07) is 5.49. The normalized spacial score (nSPS) is 20.6. The highest BCUT2D eigenvalue weighted by Crippen LogP contribution is 2.29. The minimum Gasteiger partial charge on any atom is -0.296 e. The molecule has 1 aliphatic rings. The summed E-state index contributed by atoms with van der Waals surface area (Å²) in [5, 5.41) is 4.47. The van der Waals surface area contributed by atoms with Crippen LogP contribution in [0.1, 0.15) is 35.1 Å². The Bertz CT molecular complexity index is 546. The van der Waals surface area contributed by atoms with Gasteiger partial charge in [0.25, 0.3) is 0 Å². The molecular formula is C12H13N3OS. The number of carbonyl (C=O) groups excluding carboxylic acids is 1. The Morgan fingerprint density at radius 3 is 3.18 bits per heavy atom. The van der Waals surface area contributed by atoms with Crippen molar-refractivity contribution in [3.8, 4) is 0 Å². The number of thioether (sulfide) groups is 1. The van der Waals surface area contributed by atoms with Gasteiger partial charge in [0.15, 0.2) is 17.8 Å². The molecule has 0 radical (unpaired) electrons. The van der Waals surface area contributed by atoms with Crippen molar-refractivity contribution >= 4 is 23.7 Å². The van der Waals surface area contributed by atoms with Gasteiger partial charge in [-0.1, -0.05) is 6.07 Å². The molecule has 2 aromatic heterocycles. The first kappa shape index (κ1) is 10.8. The summed E-state index contributed by atoms with van der Waals surface area (Å²) in [6.07, 6.45) is 3.20. The fourth-order valence-electron chi connectivity index (χ4n) is 2.15. The molecule has 1 saturated heterocycles. The van der Waals surface area contributed by atoms with Crippen molar-refractivity contribution in [2.24, 2.45) is 0 Å². The number of rotatable bonds is 2. The summed E-state index contributed by atoms with van der Waals surface area (Å²) < 4.78 is 1.64. The Morgan fingerprint density at radius 2 is 2.41 bits per heavy atom. The molecule has 0 spiro atoms. The van der Waals surface area contributed by atoms with E-state index >= 15 is 0 Å². The van der Waals surface area contributed by atoms with Gasteiger partial charge >= 0.3 is 0 Å². The maximum absolute atomic E-state index is 10.9. The van der Waals surface area contributed by atoms with Crippen molar-refractivity contribution in [2.75, 3.05) is 11.5 Å². The van der Waals surface area contributed by atoms with Crippen molar-refractivity contribution in [2.45, 2.75) is 18.8 Å². The van der Waals surface area contributed by atoms with Crippen LogP contribution in [0.25, 0.3) is 5.65 Å². The molecule has 0 N–H and O–H groups in total. The average Bonchev–Trinajstić information content (AvgIpc) is 2.83. The fourth-order valence-corrected chi connectivity index (χ4v) is 3.29. The zero-order valence-electron chi connectivity index (χ0n) is 9.37. The predicted octanol–water partition coefficient (Wildman–Crippen LogP) is 2.15. The van der Waals surface area contributed by atoms with E-state index in [9.17, 15) is 4.79 Å². The van der Waals surface area contributed by atoms with Gasteiger partial charge in [-0.3, -0.25) is 4.79 Å². The summed E-state index contributed by atoms with van der Waals surface area (Å²) in [7, 11) is 0. The third kappa shape index (κ3) is 1.95. The second-order valence-corrected chi connectivity index (χ2v) is 5.37. The van der Waals surface area contributed by atoms with Crippen LogP contribution in [0.2, 0.25) is 0 Å². The molecule has 17 heavy (non-hydrogen) atoms. The Kier molecular flexibility index (Phi) is 2.84. The predicted molar refractivity (Wildman–Crippen MR) is 67.7 cm³/mol. The van der Waals surface area contributed by atoms with Crippen LogP contribution in [-0.2, 0) is 0 Å². The number of pyridine rings is 1. The minimum absolute atomic E-state index is 0.438. The smallest absolute Gasteiger partial charge is 0.168 e. The van der Waals surface area contributed by atoms with E-state index in [4.69, 9.17) is 0 Å². The van der Waals surface area contributed by atoms with Crippen LogP contribution in [0.15, 0.2) is 18.2 Å². The van der Waals surface area contributed by atoms with Crippen molar-refractivity contribution in [1.29, 1.82) is 0 Å². The van der Waals surface area contributed by atoms with Gasteiger partial charge in [-0.15, -0.1) is 0 Å². The van der Waals surface area contributed by atoms with E-state index in [1.165, 1.54) is 12.2 Å². The number of carbonyl (C=O) groups is 1. The Labute approximate surface area is 103 Å². The number of nitrogens with zero attached hydrogens (tertiary/aromatic N) is 3. The maximum atomic E-state index is 10.9. The lowest BCUT2D eigenvalue weighted by Gasteiger charge is -2.17. The molecule has 5 heteroatoms. The lowest BCUT2D eigenvalue weighted by atomic mass is 10.1. The number of aromatic nitrogens is 3. The standard InChI is InChI=1S/C12H13N3OS/c16-7-10-4-1-5-11-13-12(14-15(10)11)9-3-2-6-17-8-9/h1,4-5,7,9H,2-3,6,8H2. The lowest BCUT2D eigenvalue weighted by molar-refractivity contribution is 0.111. The summed E-state index contributed by atoms with van der Waals surface area (Å²) in [6.45, 7) is 0. The van der Waals surface area contributed by atoms with Crippen molar-refractivity contribution in [1.82, 2.24) is 14.6 Å². The summed E-state index contributed by atoms with van der Waals surface area (Å²) in [5.41, 5.74) is 1.32. The molecule has 4 nitrogen and oxygen atoms in total. The van der Waals surface area contributed by atoms with Crippen LogP contribution in [0, 0.1) is 0 Å². The van der Waals surface area contributed by atoms with Crippen LogP contribution >= 0.6 is 11.8 Å². The molecule has 0 amide bonds. The van der Waals surface area contributed by atoms with Crippen LogP contribution in [0.5, 0.6) is 0 Å². The first-order valence-electron chi connectivity index (χ1n) is 5.77. The number of aldehydes is 1. The second-order valence-electron chi connectivity index (χ2n) is 4.22. The zero-order valence-corrected chi connectivity index (χ0v) is 10.2. The van der Waals surface area contributed by atoms with E-state index in [-0.39, 0.29) is 0 Å². The van der Waals surface area contributed by atoms with Gasteiger partial charge < -0.3 is 0 Å². The number of fused-ring (bicyclic) bond motifs is 1. The van der Waals surface area contributed by atoms with Crippen LogP contribution in [0.4, 0.5) is 0 Å². The highest BCUT2D eigenvalue weighted by atomic mass is 32.2. The molecular weight excluding hydrogens is 234 g/mol. The highest BCUT2D eigenvalue weighted by molar-refractivity contribution is 7.99. The van der Waals surface area contributed by atoms with Crippen molar-refractivity contribution in [3.63, 3.8) is 0 Å². The summed E-state index contributed by atoms with van der Waals surface area (Å²) in [5.74, 6) is 3.65. The van der Waals surface area contributed by atoms with Gasteiger partial charge in [-0.25, -0.2) is 9.50 Å². The number of hydrogen-bond acceptors (Lipinski definition) is 4. The summed E-state index contributed by atoms with van der Waals surface area (Å²) >= 11 is 1.96. The maximum Gasteiger partial charge on any atom is 0.168 e. The Balaban J connectivity index is 2.03. The molecule has 0 aromatic carbocycles. The first-order valence-corrected chi connectivity index (χ1v) is 6.92. The molecule has 3 heterocycles. The molecule has 0 saturated carbocycles. The monoisotopic (exact) mass is 247 g/mol. The van der Waals surface area contributed by atoms with E-state index in [0.29, 0.717) is 11.6 Å². The third-order valence-electron chi connectivity index (χ3n) is 3.05. The molecule has 1 atom stereocenters. The second kappa shape index (κ2) is 4.49. The molecule has 1 aliphatic heterocycles. The lowest BCUT2D eigenvalue weighted by Crippen LogP contribution is -2.10. The molecule has 2 aromatic rings. The fraction of sp³-hybridized carbons (Fsp3) is 0.417. The van der Waals surface area contributed by atoms with E-state index in [2.05, 4.69) is 10.1 Å². The molecule has 88 valence electrons. The van der Waals surface area contributed by atoms with Crippen LogP contribution in [0.3, 0.4) is 0 Å². The van der Waals surface area contributed by atoms with E-state index < -0.39 is 0 Å². The van der Waals surface area contributed by atoms with Gasteiger partial charge in [0, 0.05) is 11.7 Å². The average molecular weight is 247 g/mol. The minimum atomic E-state index is 0.438. The van der Waals surface area contributed by atoms with Gasteiger partial charge in [0.2, 0.25) is 0 Å². The Hall–Kier alpha value is -1.36. The van der Waals surface area contributed by atoms with Crippen LogP contribution < -0.4 is 0 Å². The van der Waals surface area contributed by atoms with Gasteiger partial charge in [-0.05, 0) is 30.7 Å².